The van der Waals surface area contributed by atoms with E-state index in [9.17, 15) is 14.0 Å². The number of hydrogen-bond acceptors (Lipinski definition) is 4. The first-order valence-electron chi connectivity index (χ1n) is 10.2. The SMILES string of the molecule is Cc1cc(F)ccc1N1CCCC(NC(=O)[C@@H]2CCCN2C(=O)c2cccs2)C1. The number of hydrogen-bond donors (Lipinski definition) is 1. The number of nitrogens with zero attached hydrogens (tertiary/aromatic N) is 2. The number of halogens is 1. The number of thiophene rings is 1. The van der Waals surface area contributed by atoms with Gasteiger partial charge in [0.25, 0.3) is 5.91 Å². The monoisotopic (exact) mass is 415 g/mol. The van der Waals surface area contributed by atoms with Crippen LogP contribution < -0.4 is 10.2 Å². The number of nitrogens with one attached hydrogen (secondary N) is 1. The summed E-state index contributed by atoms with van der Waals surface area (Å²) in [5, 5.41) is 5.06. The van der Waals surface area contributed by atoms with Crippen LogP contribution in [0.2, 0.25) is 0 Å². The Morgan fingerprint density at radius 1 is 1.17 bits per heavy atom. The summed E-state index contributed by atoms with van der Waals surface area (Å²) >= 11 is 1.41. The smallest absolute Gasteiger partial charge is 0.264 e. The standard InChI is InChI=1S/C22H26FN3O2S/c1-15-13-16(23)8-9-18(15)25-10-2-5-17(14-25)24-21(27)19-6-3-11-26(19)22(28)20-7-4-12-29-20/h4,7-9,12-13,17,19H,2-3,5-6,10-11,14H2,1H3,(H,24,27)/t17?,19-/m0/s1. The van der Waals surface area contributed by atoms with E-state index < -0.39 is 6.04 Å². The van der Waals surface area contributed by atoms with Crippen molar-refractivity contribution in [2.75, 3.05) is 24.5 Å². The molecule has 0 aliphatic carbocycles. The quantitative estimate of drug-likeness (QED) is 0.830. The number of likely N-dealkylation sites (tertiary alicyclic amines) is 1. The summed E-state index contributed by atoms with van der Waals surface area (Å²) in [5.74, 6) is -0.343. The fourth-order valence-electron chi connectivity index (χ4n) is 4.41. The highest BCUT2D eigenvalue weighted by molar-refractivity contribution is 7.12. The molecule has 154 valence electrons. The number of aryl methyl sites for hydroxylation is 1. The summed E-state index contributed by atoms with van der Waals surface area (Å²) in [7, 11) is 0. The fraction of sp³-hybridized carbons (Fsp3) is 0.455. The number of piperidine rings is 1. The van der Waals surface area contributed by atoms with Gasteiger partial charge in [0, 0.05) is 31.4 Å². The van der Waals surface area contributed by atoms with Gasteiger partial charge in [-0.1, -0.05) is 6.07 Å². The van der Waals surface area contributed by atoms with Crippen LogP contribution in [0, 0.1) is 12.7 Å². The van der Waals surface area contributed by atoms with Crippen LogP contribution in [0.5, 0.6) is 0 Å². The summed E-state index contributed by atoms with van der Waals surface area (Å²) in [6, 6.07) is 8.14. The van der Waals surface area contributed by atoms with Gasteiger partial charge in [-0.05, 0) is 67.8 Å². The topological polar surface area (TPSA) is 52.7 Å². The Bertz CT molecular complexity index is 886. The molecule has 2 fully saturated rings. The first-order valence-corrected chi connectivity index (χ1v) is 11.1. The second-order valence-electron chi connectivity index (χ2n) is 7.86. The molecule has 0 radical (unpaired) electrons. The zero-order valence-electron chi connectivity index (χ0n) is 16.6. The molecule has 29 heavy (non-hydrogen) atoms. The summed E-state index contributed by atoms with van der Waals surface area (Å²) in [4.78, 5) is 30.3. The molecular formula is C22H26FN3O2S. The van der Waals surface area contributed by atoms with E-state index in [4.69, 9.17) is 0 Å². The van der Waals surface area contributed by atoms with Crippen molar-refractivity contribution in [2.45, 2.75) is 44.7 Å². The van der Waals surface area contributed by atoms with Gasteiger partial charge in [0.1, 0.15) is 11.9 Å². The Morgan fingerprint density at radius 3 is 2.76 bits per heavy atom. The highest BCUT2D eigenvalue weighted by atomic mass is 32.1. The molecule has 0 saturated carbocycles. The normalized spacial score (nSPS) is 22.0. The average Bonchev–Trinajstić information content (AvgIpc) is 3.40. The largest absolute Gasteiger partial charge is 0.369 e. The van der Waals surface area contributed by atoms with E-state index in [1.807, 2.05) is 30.5 Å². The zero-order chi connectivity index (χ0) is 20.4. The predicted octanol–water partition coefficient (Wildman–Crippen LogP) is 3.59. The van der Waals surface area contributed by atoms with Crippen LogP contribution in [0.4, 0.5) is 10.1 Å². The molecule has 4 rings (SSSR count). The van der Waals surface area contributed by atoms with Crippen LogP contribution >= 0.6 is 11.3 Å². The number of benzene rings is 1. The summed E-state index contributed by atoms with van der Waals surface area (Å²) < 4.78 is 13.4. The van der Waals surface area contributed by atoms with Crippen molar-refractivity contribution in [3.8, 4) is 0 Å². The molecule has 2 aromatic rings. The highest BCUT2D eigenvalue weighted by Gasteiger charge is 2.36. The molecule has 1 aromatic heterocycles. The predicted molar refractivity (Wildman–Crippen MR) is 113 cm³/mol. The van der Waals surface area contributed by atoms with E-state index in [2.05, 4.69) is 10.2 Å². The van der Waals surface area contributed by atoms with Gasteiger partial charge in [-0.2, -0.15) is 0 Å². The molecular weight excluding hydrogens is 389 g/mol. The molecule has 2 amide bonds. The molecule has 1 aromatic carbocycles. The second-order valence-corrected chi connectivity index (χ2v) is 8.81. The number of amides is 2. The van der Waals surface area contributed by atoms with Crippen molar-refractivity contribution in [1.82, 2.24) is 10.2 Å². The lowest BCUT2D eigenvalue weighted by Gasteiger charge is -2.36. The molecule has 1 unspecified atom stereocenters. The molecule has 0 spiro atoms. The maximum Gasteiger partial charge on any atom is 0.264 e. The molecule has 3 heterocycles. The van der Waals surface area contributed by atoms with Crippen LogP contribution in [0.25, 0.3) is 0 Å². The van der Waals surface area contributed by atoms with Crippen LogP contribution in [0.15, 0.2) is 35.7 Å². The molecule has 2 aliphatic heterocycles. The first kappa shape index (κ1) is 19.9. The summed E-state index contributed by atoms with van der Waals surface area (Å²) in [5.41, 5.74) is 1.92. The third-order valence-corrected chi connectivity index (χ3v) is 6.67. The second kappa shape index (κ2) is 8.53. The molecule has 2 atom stereocenters. The Hall–Kier alpha value is -2.41. The lowest BCUT2D eigenvalue weighted by molar-refractivity contribution is -0.125. The first-order chi connectivity index (χ1) is 14.0. The van der Waals surface area contributed by atoms with Gasteiger partial charge in [-0.15, -0.1) is 11.3 Å². The molecule has 2 saturated heterocycles. The molecule has 1 N–H and O–H groups in total. The van der Waals surface area contributed by atoms with Gasteiger partial charge >= 0.3 is 0 Å². The van der Waals surface area contributed by atoms with Crippen LogP contribution in [-0.4, -0.2) is 48.4 Å². The van der Waals surface area contributed by atoms with E-state index in [0.717, 1.165) is 37.1 Å². The van der Waals surface area contributed by atoms with Crippen molar-refractivity contribution in [3.05, 3.63) is 52.0 Å². The van der Waals surface area contributed by atoms with Gasteiger partial charge in [-0.25, -0.2) is 4.39 Å². The van der Waals surface area contributed by atoms with Crippen molar-refractivity contribution < 1.29 is 14.0 Å². The third kappa shape index (κ3) is 4.29. The number of carbonyl (C=O) groups is 2. The Kier molecular flexibility index (Phi) is 5.85. The lowest BCUT2D eigenvalue weighted by Crippen LogP contribution is -2.53. The molecule has 0 bridgehead atoms. The fourth-order valence-corrected chi connectivity index (χ4v) is 5.09. The molecule has 2 aliphatic rings. The minimum Gasteiger partial charge on any atom is -0.369 e. The average molecular weight is 416 g/mol. The Balaban J connectivity index is 1.40. The maximum atomic E-state index is 13.4. The summed E-state index contributed by atoms with van der Waals surface area (Å²) in [6.07, 6.45) is 3.43. The van der Waals surface area contributed by atoms with Gasteiger partial charge in [0.15, 0.2) is 0 Å². The van der Waals surface area contributed by atoms with E-state index in [0.29, 0.717) is 24.4 Å². The number of carbonyl (C=O) groups excluding carboxylic acids is 2. The van der Waals surface area contributed by atoms with Crippen LogP contribution in [0.1, 0.15) is 40.9 Å². The van der Waals surface area contributed by atoms with Crippen LogP contribution in [-0.2, 0) is 4.79 Å². The minimum atomic E-state index is -0.396. The summed E-state index contributed by atoms with van der Waals surface area (Å²) in [6.45, 7) is 4.13. The van der Waals surface area contributed by atoms with Gasteiger partial charge in [0.05, 0.1) is 4.88 Å². The Morgan fingerprint density at radius 2 is 2.00 bits per heavy atom. The van der Waals surface area contributed by atoms with Gasteiger partial charge < -0.3 is 15.1 Å². The van der Waals surface area contributed by atoms with Gasteiger partial charge in [-0.3, -0.25) is 9.59 Å². The number of rotatable bonds is 4. The minimum absolute atomic E-state index is 0.0278. The highest BCUT2D eigenvalue weighted by Crippen LogP contribution is 2.26. The lowest BCUT2D eigenvalue weighted by atomic mass is 10.0. The molecule has 7 heteroatoms. The van der Waals surface area contributed by atoms with E-state index in [1.54, 1.807) is 11.0 Å². The maximum absolute atomic E-state index is 13.4. The van der Waals surface area contributed by atoms with Crippen molar-refractivity contribution in [1.29, 1.82) is 0 Å². The van der Waals surface area contributed by atoms with Gasteiger partial charge in [0.2, 0.25) is 5.91 Å². The third-order valence-electron chi connectivity index (χ3n) is 5.82. The van der Waals surface area contributed by atoms with Crippen molar-refractivity contribution in [2.24, 2.45) is 0 Å². The van der Waals surface area contributed by atoms with Crippen LogP contribution in [0.3, 0.4) is 0 Å². The van der Waals surface area contributed by atoms with E-state index in [-0.39, 0.29) is 23.7 Å². The van der Waals surface area contributed by atoms with E-state index >= 15 is 0 Å². The molecule has 5 nitrogen and oxygen atoms in total. The number of anilines is 1. The van der Waals surface area contributed by atoms with E-state index in [1.165, 1.54) is 17.4 Å². The zero-order valence-corrected chi connectivity index (χ0v) is 17.4. The van der Waals surface area contributed by atoms with Crippen molar-refractivity contribution >= 4 is 28.8 Å². The van der Waals surface area contributed by atoms with Crippen molar-refractivity contribution in [3.63, 3.8) is 0 Å². The Labute approximate surface area is 174 Å².